The average Bonchev–Trinajstić information content (AvgIpc) is 2.20. The SMILES string of the molecule is CC(CCS)CCOc1ccccc1. The predicted molar refractivity (Wildman–Crippen MR) is 64.2 cm³/mol. The van der Waals surface area contributed by atoms with Gasteiger partial charge < -0.3 is 4.74 Å². The number of hydrogen-bond acceptors (Lipinski definition) is 2. The molecule has 1 rings (SSSR count). The van der Waals surface area contributed by atoms with E-state index in [1.807, 2.05) is 30.3 Å². The molecule has 0 aliphatic heterocycles. The third-order valence-electron chi connectivity index (χ3n) is 2.24. The van der Waals surface area contributed by atoms with Crippen LogP contribution in [-0.2, 0) is 0 Å². The molecule has 0 saturated carbocycles. The molecule has 0 spiro atoms. The summed E-state index contributed by atoms with van der Waals surface area (Å²) in [6.07, 6.45) is 2.27. The minimum Gasteiger partial charge on any atom is -0.494 e. The zero-order chi connectivity index (χ0) is 10.2. The molecule has 1 unspecified atom stereocenters. The summed E-state index contributed by atoms with van der Waals surface area (Å²) in [5, 5.41) is 0. The summed E-state index contributed by atoms with van der Waals surface area (Å²) in [6.45, 7) is 3.05. The first-order valence-electron chi connectivity index (χ1n) is 5.11. The third kappa shape index (κ3) is 4.56. The molecule has 1 nitrogen and oxygen atoms in total. The molecule has 1 aromatic carbocycles. The highest BCUT2D eigenvalue weighted by atomic mass is 32.1. The van der Waals surface area contributed by atoms with E-state index in [9.17, 15) is 0 Å². The van der Waals surface area contributed by atoms with Gasteiger partial charge in [-0.15, -0.1) is 0 Å². The molecule has 14 heavy (non-hydrogen) atoms. The topological polar surface area (TPSA) is 9.23 Å². The molecule has 0 aromatic heterocycles. The first-order valence-corrected chi connectivity index (χ1v) is 5.75. The van der Waals surface area contributed by atoms with E-state index in [4.69, 9.17) is 4.74 Å². The van der Waals surface area contributed by atoms with Crippen molar-refractivity contribution in [3.63, 3.8) is 0 Å². The van der Waals surface area contributed by atoms with Gasteiger partial charge in [-0.05, 0) is 36.6 Å². The lowest BCUT2D eigenvalue weighted by molar-refractivity contribution is 0.282. The highest BCUT2D eigenvalue weighted by Crippen LogP contribution is 2.12. The zero-order valence-corrected chi connectivity index (χ0v) is 9.54. The predicted octanol–water partition coefficient (Wildman–Crippen LogP) is 3.41. The van der Waals surface area contributed by atoms with Gasteiger partial charge in [0.25, 0.3) is 0 Å². The molecule has 0 aliphatic rings. The Hall–Kier alpha value is -0.630. The van der Waals surface area contributed by atoms with Gasteiger partial charge in [0.2, 0.25) is 0 Å². The Balaban J connectivity index is 2.16. The number of thiol groups is 1. The van der Waals surface area contributed by atoms with Gasteiger partial charge >= 0.3 is 0 Å². The molecule has 0 saturated heterocycles. The van der Waals surface area contributed by atoms with Gasteiger partial charge in [0.1, 0.15) is 5.75 Å². The van der Waals surface area contributed by atoms with Gasteiger partial charge in [-0.3, -0.25) is 0 Å². The monoisotopic (exact) mass is 210 g/mol. The van der Waals surface area contributed by atoms with E-state index >= 15 is 0 Å². The molecule has 0 aliphatic carbocycles. The summed E-state index contributed by atoms with van der Waals surface area (Å²) in [5.74, 6) is 2.63. The number of benzene rings is 1. The van der Waals surface area contributed by atoms with Crippen molar-refractivity contribution in [2.75, 3.05) is 12.4 Å². The van der Waals surface area contributed by atoms with Crippen LogP contribution in [-0.4, -0.2) is 12.4 Å². The second-order valence-corrected chi connectivity index (χ2v) is 4.01. The second-order valence-electron chi connectivity index (χ2n) is 3.57. The molecule has 78 valence electrons. The fraction of sp³-hybridized carbons (Fsp3) is 0.500. The van der Waals surface area contributed by atoms with Crippen molar-refractivity contribution in [3.8, 4) is 5.75 Å². The van der Waals surface area contributed by atoms with E-state index in [0.717, 1.165) is 24.5 Å². The van der Waals surface area contributed by atoms with Crippen LogP contribution in [0.1, 0.15) is 19.8 Å². The molecule has 0 N–H and O–H groups in total. The maximum atomic E-state index is 5.60. The molecule has 2 heteroatoms. The van der Waals surface area contributed by atoms with E-state index < -0.39 is 0 Å². The van der Waals surface area contributed by atoms with Gasteiger partial charge in [0, 0.05) is 0 Å². The van der Waals surface area contributed by atoms with Crippen molar-refractivity contribution in [2.45, 2.75) is 19.8 Å². The summed E-state index contributed by atoms with van der Waals surface area (Å²) in [5.41, 5.74) is 0. The van der Waals surface area contributed by atoms with Crippen molar-refractivity contribution in [1.29, 1.82) is 0 Å². The molecule has 1 atom stereocenters. The van der Waals surface area contributed by atoms with Crippen LogP contribution < -0.4 is 4.74 Å². The summed E-state index contributed by atoms with van der Waals surface area (Å²) < 4.78 is 5.60. The van der Waals surface area contributed by atoms with Gasteiger partial charge in [0.15, 0.2) is 0 Å². The molecule has 0 fully saturated rings. The van der Waals surface area contributed by atoms with E-state index in [-0.39, 0.29) is 0 Å². The molecular formula is C12H18OS. The first-order chi connectivity index (χ1) is 6.83. The van der Waals surface area contributed by atoms with Crippen LogP contribution in [0.2, 0.25) is 0 Å². The van der Waals surface area contributed by atoms with Crippen LogP contribution in [0.3, 0.4) is 0 Å². The summed E-state index contributed by atoms with van der Waals surface area (Å²) in [6, 6.07) is 9.96. The number of para-hydroxylation sites is 1. The Morgan fingerprint density at radius 3 is 2.57 bits per heavy atom. The van der Waals surface area contributed by atoms with Crippen molar-refractivity contribution >= 4 is 12.6 Å². The standard InChI is InChI=1S/C12H18OS/c1-11(8-10-14)7-9-13-12-5-3-2-4-6-12/h2-6,11,14H,7-10H2,1H3. The van der Waals surface area contributed by atoms with E-state index in [1.165, 1.54) is 6.42 Å². The average molecular weight is 210 g/mol. The molecule has 0 amide bonds. The summed E-state index contributed by atoms with van der Waals surface area (Å²) in [7, 11) is 0. The van der Waals surface area contributed by atoms with Crippen molar-refractivity contribution in [1.82, 2.24) is 0 Å². The van der Waals surface area contributed by atoms with Crippen LogP contribution >= 0.6 is 12.6 Å². The number of rotatable bonds is 6. The van der Waals surface area contributed by atoms with Gasteiger partial charge in [0.05, 0.1) is 6.61 Å². The van der Waals surface area contributed by atoms with Crippen LogP contribution in [0.5, 0.6) is 5.75 Å². The van der Waals surface area contributed by atoms with E-state index in [2.05, 4.69) is 19.6 Å². The van der Waals surface area contributed by atoms with Crippen molar-refractivity contribution < 1.29 is 4.74 Å². The number of ether oxygens (including phenoxy) is 1. The fourth-order valence-corrected chi connectivity index (χ4v) is 1.70. The lowest BCUT2D eigenvalue weighted by Gasteiger charge is -2.10. The second kappa shape index (κ2) is 6.77. The molecule has 0 radical (unpaired) electrons. The largest absolute Gasteiger partial charge is 0.494 e. The third-order valence-corrected chi connectivity index (χ3v) is 2.50. The minimum atomic E-state index is 0.705. The van der Waals surface area contributed by atoms with Gasteiger partial charge in [-0.1, -0.05) is 25.1 Å². The van der Waals surface area contributed by atoms with Crippen LogP contribution in [0, 0.1) is 5.92 Å². The van der Waals surface area contributed by atoms with Crippen LogP contribution in [0.25, 0.3) is 0 Å². The highest BCUT2D eigenvalue weighted by Gasteiger charge is 2.00. The first kappa shape index (κ1) is 11.4. The van der Waals surface area contributed by atoms with Crippen LogP contribution in [0.15, 0.2) is 30.3 Å². The Morgan fingerprint density at radius 2 is 1.93 bits per heavy atom. The quantitative estimate of drug-likeness (QED) is 0.708. The minimum absolute atomic E-state index is 0.705. The molecule has 0 heterocycles. The lowest BCUT2D eigenvalue weighted by Crippen LogP contribution is -2.04. The van der Waals surface area contributed by atoms with Gasteiger partial charge in [-0.25, -0.2) is 0 Å². The summed E-state index contributed by atoms with van der Waals surface area (Å²) in [4.78, 5) is 0. The molecule has 0 bridgehead atoms. The Bertz CT molecular complexity index is 235. The van der Waals surface area contributed by atoms with E-state index in [0.29, 0.717) is 5.92 Å². The van der Waals surface area contributed by atoms with Crippen molar-refractivity contribution in [3.05, 3.63) is 30.3 Å². The van der Waals surface area contributed by atoms with E-state index in [1.54, 1.807) is 0 Å². The number of hydrogen-bond donors (Lipinski definition) is 1. The highest BCUT2D eigenvalue weighted by molar-refractivity contribution is 7.80. The van der Waals surface area contributed by atoms with Gasteiger partial charge in [-0.2, -0.15) is 12.6 Å². The van der Waals surface area contributed by atoms with Crippen LogP contribution in [0.4, 0.5) is 0 Å². The zero-order valence-electron chi connectivity index (χ0n) is 8.65. The molecular weight excluding hydrogens is 192 g/mol. The smallest absolute Gasteiger partial charge is 0.119 e. The Morgan fingerprint density at radius 1 is 1.21 bits per heavy atom. The lowest BCUT2D eigenvalue weighted by atomic mass is 10.1. The Labute approximate surface area is 91.9 Å². The Kier molecular flexibility index (Phi) is 5.53. The fourth-order valence-electron chi connectivity index (χ4n) is 1.26. The van der Waals surface area contributed by atoms with Crippen molar-refractivity contribution in [2.24, 2.45) is 5.92 Å². The normalized spacial score (nSPS) is 12.4. The maximum absolute atomic E-state index is 5.60. The maximum Gasteiger partial charge on any atom is 0.119 e. The molecule has 1 aromatic rings. The summed E-state index contributed by atoms with van der Waals surface area (Å²) >= 11 is 4.21.